The Hall–Kier alpha value is -0.930. The molecule has 1 N–H and O–H groups in total. The maximum absolute atomic E-state index is 4.97. The highest BCUT2D eigenvalue weighted by Gasteiger charge is 2.03. The van der Waals surface area contributed by atoms with Crippen LogP contribution in [0.2, 0.25) is 0 Å². The molecule has 3 nitrogen and oxygen atoms in total. The average molecular weight is 194 g/mol. The lowest BCUT2D eigenvalue weighted by Crippen LogP contribution is -2.21. The number of rotatable bonds is 6. The van der Waals surface area contributed by atoms with Gasteiger partial charge in [-0.15, -0.1) is 0 Å². The molecule has 0 aromatic carbocycles. The number of nitrogens with zero attached hydrogens (tertiary/aromatic N) is 1. The summed E-state index contributed by atoms with van der Waals surface area (Å²) in [6, 6.07) is 6.29. The van der Waals surface area contributed by atoms with Gasteiger partial charge in [0.25, 0.3) is 0 Å². The molecule has 0 radical (unpaired) electrons. The van der Waals surface area contributed by atoms with Gasteiger partial charge in [0.2, 0.25) is 0 Å². The Balaban J connectivity index is 2.25. The Morgan fingerprint density at radius 1 is 1.50 bits per heavy atom. The molecular weight excluding hydrogens is 176 g/mol. The summed E-state index contributed by atoms with van der Waals surface area (Å²) in [5.41, 5.74) is 1.09. The average Bonchev–Trinajstić information content (AvgIpc) is 2.25. The fraction of sp³-hybridized carbons (Fsp3) is 0.545. The molecule has 0 aliphatic heterocycles. The Kier molecular flexibility index (Phi) is 5.19. The van der Waals surface area contributed by atoms with E-state index >= 15 is 0 Å². The zero-order chi connectivity index (χ0) is 10.2. The van der Waals surface area contributed by atoms with Gasteiger partial charge in [-0.25, -0.2) is 0 Å². The van der Waals surface area contributed by atoms with Gasteiger partial charge in [-0.2, -0.15) is 0 Å². The minimum Gasteiger partial charge on any atom is -0.385 e. The van der Waals surface area contributed by atoms with E-state index < -0.39 is 0 Å². The van der Waals surface area contributed by atoms with Crippen molar-refractivity contribution in [3.63, 3.8) is 0 Å². The topological polar surface area (TPSA) is 34.1 Å². The van der Waals surface area contributed by atoms with Crippen LogP contribution < -0.4 is 5.32 Å². The Labute approximate surface area is 85.5 Å². The zero-order valence-electron chi connectivity index (χ0n) is 8.86. The highest BCUT2D eigenvalue weighted by Crippen LogP contribution is 2.06. The monoisotopic (exact) mass is 194 g/mol. The van der Waals surface area contributed by atoms with Gasteiger partial charge in [0, 0.05) is 26.0 Å². The first-order valence-corrected chi connectivity index (χ1v) is 4.98. The van der Waals surface area contributed by atoms with E-state index in [0.29, 0.717) is 6.04 Å². The van der Waals surface area contributed by atoms with Crippen LogP contribution in [0.15, 0.2) is 24.4 Å². The molecule has 0 unspecified atom stereocenters. The first-order valence-electron chi connectivity index (χ1n) is 4.98. The summed E-state index contributed by atoms with van der Waals surface area (Å²) in [5.74, 6) is 0. The molecule has 1 aromatic heterocycles. The first kappa shape index (κ1) is 11.1. The van der Waals surface area contributed by atoms with Crippen molar-refractivity contribution < 1.29 is 4.74 Å². The molecule has 1 heterocycles. The Bertz CT molecular complexity index is 238. The van der Waals surface area contributed by atoms with Crippen molar-refractivity contribution in [1.29, 1.82) is 0 Å². The minimum atomic E-state index is 0.313. The largest absolute Gasteiger partial charge is 0.385 e. The van der Waals surface area contributed by atoms with Crippen molar-refractivity contribution >= 4 is 0 Å². The molecule has 0 spiro atoms. The van der Waals surface area contributed by atoms with Crippen LogP contribution in [-0.4, -0.2) is 25.2 Å². The fourth-order valence-corrected chi connectivity index (χ4v) is 1.27. The lowest BCUT2D eigenvalue weighted by Gasteiger charge is -2.12. The predicted molar refractivity (Wildman–Crippen MR) is 57.1 cm³/mol. The molecule has 78 valence electrons. The highest BCUT2D eigenvalue weighted by molar-refractivity contribution is 5.07. The van der Waals surface area contributed by atoms with Crippen molar-refractivity contribution in [3.8, 4) is 0 Å². The SMILES string of the molecule is COCCCN[C@H](C)c1ccccn1. The molecule has 1 atom stereocenters. The van der Waals surface area contributed by atoms with Gasteiger partial charge in [0.15, 0.2) is 0 Å². The summed E-state index contributed by atoms with van der Waals surface area (Å²) in [6.07, 6.45) is 2.86. The van der Waals surface area contributed by atoms with E-state index in [4.69, 9.17) is 4.74 Å². The van der Waals surface area contributed by atoms with Crippen molar-refractivity contribution in [2.24, 2.45) is 0 Å². The molecule has 0 bridgehead atoms. The van der Waals surface area contributed by atoms with Crippen LogP contribution in [0.4, 0.5) is 0 Å². The molecule has 14 heavy (non-hydrogen) atoms. The van der Waals surface area contributed by atoms with E-state index in [9.17, 15) is 0 Å². The van der Waals surface area contributed by atoms with Gasteiger partial charge < -0.3 is 10.1 Å². The number of hydrogen-bond donors (Lipinski definition) is 1. The summed E-state index contributed by atoms with van der Waals surface area (Å²) in [7, 11) is 1.72. The van der Waals surface area contributed by atoms with Crippen LogP contribution in [0.25, 0.3) is 0 Å². The molecule has 0 saturated heterocycles. The summed E-state index contributed by atoms with van der Waals surface area (Å²) in [4.78, 5) is 4.28. The van der Waals surface area contributed by atoms with Crippen molar-refractivity contribution in [2.75, 3.05) is 20.3 Å². The van der Waals surface area contributed by atoms with E-state index in [1.54, 1.807) is 7.11 Å². The van der Waals surface area contributed by atoms with E-state index in [0.717, 1.165) is 25.3 Å². The normalized spacial score (nSPS) is 12.7. The van der Waals surface area contributed by atoms with Crippen LogP contribution in [0.5, 0.6) is 0 Å². The lowest BCUT2D eigenvalue weighted by atomic mass is 10.2. The molecule has 0 amide bonds. The van der Waals surface area contributed by atoms with Gasteiger partial charge in [0.05, 0.1) is 5.69 Å². The molecule has 0 aliphatic carbocycles. The molecule has 3 heteroatoms. The summed E-state index contributed by atoms with van der Waals surface area (Å²) >= 11 is 0. The number of nitrogens with one attached hydrogen (secondary N) is 1. The van der Waals surface area contributed by atoms with Gasteiger partial charge in [0.1, 0.15) is 0 Å². The smallest absolute Gasteiger partial charge is 0.0570 e. The molecule has 0 fully saturated rings. The third-order valence-corrected chi connectivity index (χ3v) is 2.11. The van der Waals surface area contributed by atoms with Crippen LogP contribution in [0.1, 0.15) is 25.1 Å². The maximum atomic E-state index is 4.97. The fourth-order valence-electron chi connectivity index (χ4n) is 1.27. The zero-order valence-corrected chi connectivity index (χ0v) is 8.86. The van der Waals surface area contributed by atoms with Gasteiger partial charge in [-0.05, 0) is 32.0 Å². The quantitative estimate of drug-likeness (QED) is 0.701. The third-order valence-electron chi connectivity index (χ3n) is 2.11. The number of hydrogen-bond acceptors (Lipinski definition) is 3. The Morgan fingerprint density at radius 3 is 3.00 bits per heavy atom. The molecule has 0 aliphatic rings. The van der Waals surface area contributed by atoms with Gasteiger partial charge >= 0.3 is 0 Å². The predicted octanol–water partition coefficient (Wildman–Crippen LogP) is 1.77. The summed E-state index contributed by atoms with van der Waals surface area (Å²) < 4.78 is 4.97. The number of pyridine rings is 1. The van der Waals surface area contributed by atoms with E-state index in [1.807, 2.05) is 24.4 Å². The van der Waals surface area contributed by atoms with Gasteiger partial charge in [-0.3, -0.25) is 4.98 Å². The standard InChI is InChI=1S/C11H18N2O/c1-10(12-8-5-9-14-2)11-6-3-4-7-13-11/h3-4,6-7,10,12H,5,8-9H2,1-2H3/t10-/m1/s1. The highest BCUT2D eigenvalue weighted by atomic mass is 16.5. The summed E-state index contributed by atoms with van der Waals surface area (Å²) in [5, 5.41) is 3.39. The molecule has 0 saturated carbocycles. The van der Waals surface area contributed by atoms with Gasteiger partial charge in [-0.1, -0.05) is 6.07 Å². The molecule has 1 rings (SSSR count). The molecular formula is C11H18N2O. The van der Waals surface area contributed by atoms with Crippen molar-refractivity contribution in [1.82, 2.24) is 10.3 Å². The van der Waals surface area contributed by atoms with E-state index in [1.165, 1.54) is 0 Å². The van der Waals surface area contributed by atoms with Crippen molar-refractivity contribution in [3.05, 3.63) is 30.1 Å². The second kappa shape index (κ2) is 6.51. The summed E-state index contributed by atoms with van der Waals surface area (Å²) in [6.45, 7) is 3.89. The second-order valence-corrected chi connectivity index (χ2v) is 3.28. The van der Waals surface area contributed by atoms with E-state index in [2.05, 4.69) is 17.2 Å². The maximum Gasteiger partial charge on any atom is 0.0570 e. The lowest BCUT2D eigenvalue weighted by molar-refractivity contribution is 0.193. The third kappa shape index (κ3) is 3.85. The Morgan fingerprint density at radius 2 is 2.36 bits per heavy atom. The van der Waals surface area contributed by atoms with Crippen LogP contribution in [0, 0.1) is 0 Å². The van der Waals surface area contributed by atoms with E-state index in [-0.39, 0.29) is 0 Å². The minimum absolute atomic E-state index is 0.313. The molecule has 1 aromatic rings. The van der Waals surface area contributed by atoms with Crippen LogP contribution in [0.3, 0.4) is 0 Å². The van der Waals surface area contributed by atoms with Crippen LogP contribution in [-0.2, 0) is 4.74 Å². The number of methoxy groups -OCH3 is 1. The first-order chi connectivity index (χ1) is 6.84. The van der Waals surface area contributed by atoms with Crippen molar-refractivity contribution in [2.45, 2.75) is 19.4 Å². The number of ether oxygens (including phenoxy) is 1. The number of aromatic nitrogens is 1. The second-order valence-electron chi connectivity index (χ2n) is 3.28. The van der Waals surface area contributed by atoms with Crippen LogP contribution >= 0.6 is 0 Å².